The van der Waals surface area contributed by atoms with Crippen LogP contribution in [-0.2, 0) is 4.79 Å². The number of amides is 2. The number of aliphatic carboxylic acids is 1. The van der Waals surface area contributed by atoms with Crippen LogP contribution in [0.2, 0.25) is 0 Å². The van der Waals surface area contributed by atoms with Crippen molar-refractivity contribution in [1.29, 1.82) is 0 Å². The number of carbonyl (C=O) groups excluding carboxylic acids is 1. The Morgan fingerprint density at radius 2 is 1.89 bits per heavy atom. The molecule has 1 rings (SSSR count). The lowest BCUT2D eigenvalue weighted by atomic mass is 10.1. The van der Waals surface area contributed by atoms with Gasteiger partial charge in [-0.25, -0.2) is 9.59 Å². The lowest BCUT2D eigenvalue weighted by molar-refractivity contribution is -0.139. The van der Waals surface area contributed by atoms with Crippen molar-refractivity contribution in [2.24, 2.45) is 0 Å². The van der Waals surface area contributed by atoms with Gasteiger partial charge in [0.05, 0.1) is 0 Å². The Labute approximate surface area is 113 Å². The number of benzene rings is 1. The average Bonchev–Trinajstić information content (AvgIpc) is 2.42. The Hall–Kier alpha value is -2.04. The number of nitrogens with zero attached hydrogens (tertiary/aromatic N) is 1. The molecule has 0 saturated carbocycles. The molecule has 1 aromatic carbocycles. The Bertz CT molecular complexity index is 420. The molecule has 19 heavy (non-hydrogen) atoms. The highest BCUT2D eigenvalue weighted by molar-refractivity contribution is 5.83. The highest BCUT2D eigenvalue weighted by atomic mass is 16.4. The van der Waals surface area contributed by atoms with Crippen molar-refractivity contribution in [3.8, 4) is 0 Å². The molecular formula is C14H20N2O3. The molecule has 0 aliphatic rings. The summed E-state index contributed by atoms with van der Waals surface area (Å²) in [6.45, 7) is 5.01. The van der Waals surface area contributed by atoms with Crippen molar-refractivity contribution in [3.63, 3.8) is 0 Å². The van der Waals surface area contributed by atoms with E-state index in [2.05, 4.69) is 5.32 Å². The van der Waals surface area contributed by atoms with Crippen LogP contribution in [0.5, 0.6) is 0 Å². The molecule has 0 fully saturated rings. The zero-order chi connectivity index (χ0) is 14.3. The molecule has 0 bridgehead atoms. The molecule has 5 heteroatoms. The number of carboxylic acids is 1. The third-order valence-corrected chi connectivity index (χ3v) is 2.81. The topological polar surface area (TPSA) is 69.6 Å². The molecule has 0 radical (unpaired) electrons. The van der Waals surface area contributed by atoms with Crippen molar-refractivity contribution in [2.45, 2.75) is 26.3 Å². The standard InChI is InChI=1S/C14H20N2O3/c1-3-10-16(4-2)14(19)15-12(13(17)18)11-8-6-5-7-9-11/h5-9,12H,3-4,10H2,1-2H3,(H,15,19)(H,17,18)/t12-/m1/s1. The largest absolute Gasteiger partial charge is 0.479 e. The van der Waals surface area contributed by atoms with Crippen molar-refractivity contribution >= 4 is 12.0 Å². The summed E-state index contributed by atoms with van der Waals surface area (Å²) >= 11 is 0. The van der Waals surface area contributed by atoms with E-state index in [4.69, 9.17) is 0 Å². The highest BCUT2D eigenvalue weighted by Gasteiger charge is 2.23. The summed E-state index contributed by atoms with van der Waals surface area (Å²) in [4.78, 5) is 24.9. The molecule has 0 unspecified atom stereocenters. The maximum atomic E-state index is 12.0. The van der Waals surface area contributed by atoms with E-state index in [-0.39, 0.29) is 6.03 Å². The normalized spacial score (nSPS) is 11.7. The van der Waals surface area contributed by atoms with Gasteiger partial charge in [-0.05, 0) is 18.9 Å². The minimum atomic E-state index is -1.06. The summed E-state index contributed by atoms with van der Waals surface area (Å²) in [6.07, 6.45) is 0.838. The van der Waals surface area contributed by atoms with Crippen LogP contribution in [0.1, 0.15) is 31.9 Å². The van der Waals surface area contributed by atoms with Gasteiger partial charge in [0, 0.05) is 13.1 Å². The fraction of sp³-hybridized carbons (Fsp3) is 0.429. The van der Waals surface area contributed by atoms with Gasteiger partial charge in [0.25, 0.3) is 0 Å². The van der Waals surface area contributed by atoms with Crippen LogP contribution < -0.4 is 5.32 Å². The summed E-state index contributed by atoms with van der Waals surface area (Å²) in [6, 6.07) is 7.33. The summed E-state index contributed by atoms with van der Waals surface area (Å²) in [5, 5.41) is 11.8. The van der Waals surface area contributed by atoms with Gasteiger partial charge in [-0.2, -0.15) is 0 Å². The number of carbonyl (C=O) groups is 2. The molecule has 0 heterocycles. The first kappa shape index (κ1) is 15.0. The molecule has 0 aliphatic heterocycles. The summed E-state index contributed by atoms with van der Waals surface area (Å²) < 4.78 is 0. The van der Waals surface area contributed by atoms with Crippen molar-refractivity contribution in [2.75, 3.05) is 13.1 Å². The first-order valence-electron chi connectivity index (χ1n) is 6.43. The molecular weight excluding hydrogens is 244 g/mol. The third kappa shape index (κ3) is 4.28. The van der Waals surface area contributed by atoms with E-state index in [0.717, 1.165) is 6.42 Å². The quantitative estimate of drug-likeness (QED) is 0.828. The first-order chi connectivity index (χ1) is 9.10. The zero-order valence-corrected chi connectivity index (χ0v) is 11.3. The second-order valence-electron chi connectivity index (χ2n) is 4.21. The van der Waals surface area contributed by atoms with Crippen molar-refractivity contribution in [1.82, 2.24) is 10.2 Å². The zero-order valence-electron chi connectivity index (χ0n) is 11.3. The lowest BCUT2D eigenvalue weighted by Crippen LogP contribution is -2.44. The van der Waals surface area contributed by atoms with E-state index in [0.29, 0.717) is 18.7 Å². The number of carboxylic acid groups (broad SMARTS) is 1. The summed E-state index contributed by atoms with van der Waals surface area (Å²) in [5.74, 6) is -1.06. The van der Waals surface area contributed by atoms with Gasteiger partial charge < -0.3 is 15.3 Å². The van der Waals surface area contributed by atoms with Crippen molar-refractivity contribution in [3.05, 3.63) is 35.9 Å². The number of nitrogens with one attached hydrogen (secondary N) is 1. The fourth-order valence-electron chi connectivity index (χ4n) is 1.82. The van der Waals surface area contributed by atoms with Gasteiger partial charge in [-0.1, -0.05) is 37.3 Å². The predicted molar refractivity (Wildman–Crippen MR) is 72.9 cm³/mol. The van der Waals surface area contributed by atoms with Gasteiger partial charge in [0.2, 0.25) is 0 Å². The van der Waals surface area contributed by atoms with E-state index < -0.39 is 12.0 Å². The Kier molecular flexibility index (Phi) is 5.85. The molecule has 0 spiro atoms. The molecule has 5 nitrogen and oxygen atoms in total. The predicted octanol–water partition coefficient (Wildman–Crippen LogP) is 2.25. The van der Waals surface area contributed by atoms with Crippen molar-refractivity contribution < 1.29 is 14.7 Å². The number of hydrogen-bond donors (Lipinski definition) is 2. The SMILES string of the molecule is CCCN(CC)C(=O)N[C@@H](C(=O)O)c1ccccc1. The van der Waals surface area contributed by atoms with E-state index >= 15 is 0 Å². The molecule has 0 aliphatic carbocycles. The number of rotatable bonds is 6. The minimum Gasteiger partial charge on any atom is -0.479 e. The number of hydrogen-bond acceptors (Lipinski definition) is 2. The average molecular weight is 264 g/mol. The molecule has 1 aromatic rings. The lowest BCUT2D eigenvalue weighted by Gasteiger charge is -2.23. The van der Waals surface area contributed by atoms with Gasteiger partial charge >= 0.3 is 12.0 Å². The van der Waals surface area contributed by atoms with Gasteiger partial charge in [-0.3, -0.25) is 0 Å². The highest BCUT2D eigenvalue weighted by Crippen LogP contribution is 2.13. The first-order valence-corrected chi connectivity index (χ1v) is 6.43. The van der Waals surface area contributed by atoms with Crippen LogP contribution in [0, 0.1) is 0 Å². The van der Waals surface area contributed by atoms with Crippen LogP contribution in [0.15, 0.2) is 30.3 Å². The van der Waals surface area contributed by atoms with Gasteiger partial charge in [0.1, 0.15) is 0 Å². The Balaban J connectivity index is 2.80. The Morgan fingerprint density at radius 3 is 2.37 bits per heavy atom. The van der Waals surface area contributed by atoms with Crippen LogP contribution in [0.25, 0.3) is 0 Å². The molecule has 0 saturated heterocycles. The monoisotopic (exact) mass is 264 g/mol. The van der Waals surface area contributed by atoms with E-state index in [9.17, 15) is 14.7 Å². The molecule has 1 atom stereocenters. The van der Waals surface area contributed by atoms with Crippen LogP contribution >= 0.6 is 0 Å². The Morgan fingerprint density at radius 1 is 1.26 bits per heavy atom. The molecule has 104 valence electrons. The van der Waals surface area contributed by atoms with E-state index in [1.807, 2.05) is 13.8 Å². The second kappa shape index (κ2) is 7.41. The smallest absolute Gasteiger partial charge is 0.330 e. The van der Waals surface area contributed by atoms with Crippen LogP contribution in [-0.4, -0.2) is 35.1 Å². The maximum Gasteiger partial charge on any atom is 0.330 e. The second-order valence-corrected chi connectivity index (χ2v) is 4.21. The minimum absolute atomic E-state index is 0.347. The van der Waals surface area contributed by atoms with Gasteiger partial charge in [0.15, 0.2) is 6.04 Å². The van der Waals surface area contributed by atoms with Crippen LogP contribution in [0.4, 0.5) is 4.79 Å². The molecule has 2 amide bonds. The molecule has 2 N–H and O–H groups in total. The van der Waals surface area contributed by atoms with Crippen LogP contribution in [0.3, 0.4) is 0 Å². The van der Waals surface area contributed by atoms with E-state index in [1.54, 1.807) is 35.2 Å². The summed E-state index contributed by atoms with van der Waals surface area (Å²) in [7, 11) is 0. The van der Waals surface area contributed by atoms with Gasteiger partial charge in [-0.15, -0.1) is 0 Å². The third-order valence-electron chi connectivity index (χ3n) is 2.81. The fourth-order valence-corrected chi connectivity index (χ4v) is 1.82. The summed E-state index contributed by atoms with van der Waals surface area (Å²) in [5.41, 5.74) is 0.566. The maximum absolute atomic E-state index is 12.0. The van der Waals surface area contributed by atoms with E-state index in [1.165, 1.54) is 0 Å². The molecule has 0 aromatic heterocycles. The number of urea groups is 1.